The van der Waals surface area contributed by atoms with Crippen LogP contribution in [0.15, 0.2) is 52.9 Å². The third kappa shape index (κ3) is 3.84. The predicted molar refractivity (Wildman–Crippen MR) is 90.4 cm³/mol. The van der Waals surface area contributed by atoms with Crippen molar-refractivity contribution in [3.05, 3.63) is 65.9 Å². The van der Waals surface area contributed by atoms with Crippen molar-refractivity contribution >= 4 is 5.69 Å². The molecule has 3 aromatic rings. The van der Waals surface area contributed by atoms with Crippen LogP contribution in [0.2, 0.25) is 0 Å². The Balaban J connectivity index is 1.61. The lowest BCUT2D eigenvalue weighted by molar-refractivity contribution is 0.355. The van der Waals surface area contributed by atoms with Crippen molar-refractivity contribution in [2.24, 2.45) is 0 Å². The molecule has 3 rings (SSSR count). The number of hydrogen-bond acceptors (Lipinski definition) is 6. The maximum Gasteiger partial charge on any atom is 0.235 e. The number of rotatable bonds is 7. The van der Waals surface area contributed by atoms with Gasteiger partial charge in [-0.2, -0.15) is 0 Å². The van der Waals surface area contributed by atoms with E-state index < -0.39 is 0 Å². The SMILES string of the molecule is COc1ccc(NCc2nnc(Cc3ccccc3)o2)cc1OC. The highest BCUT2D eigenvalue weighted by Gasteiger charge is 2.08. The number of anilines is 1. The molecule has 0 bridgehead atoms. The van der Waals surface area contributed by atoms with Gasteiger partial charge in [-0.3, -0.25) is 0 Å². The molecule has 2 aromatic carbocycles. The molecule has 0 saturated carbocycles. The first-order valence-electron chi connectivity index (χ1n) is 7.59. The molecular weight excluding hydrogens is 306 g/mol. The molecule has 0 unspecified atom stereocenters. The summed E-state index contributed by atoms with van der Waals surface area (Å²) in [6.45, 7) is 0.442. The summed E-state index contributed by atoms with van der Waals surface area (Å²) >= 11 is 0. The Kier molecular flexibility index (Phi) is 4.96. The lowest BCUT2D eigenvalue weighted by Gasteiger charge is -2.10. The van der Waals surface area contributed by atoms with Gasteiger partial charge in [0, 0.05) is 11.8 Å². The van der Waals surface area contributed by atoms with Crippen LogP contribution in [0.4, 0.5) is 5.69 Å². The maximum atomic E-state index is 5.67. The van der Waals surface area contributed by atoms with Crippen LogP contribution in [-0.4, -0.2) is 24.4 Å². The zero-order chi connectivity index (χ0) is 16.8. The lowest BCUT2D eigenvalue weighted by Crippen LogP contribution is -2.00. The lowest BCUT2D eigenvalue weighted by atomic mass is 10.2. The smallest absolute Gasteiger partial charge is 0.235 e. The zero-order valence-electron chi connectivity index (χ0n) is 13.7. The average molecular weight is 325 g/mol. The summed E-state index contributed by atoms with van der Waals surface area (Å²) in [4.78, 5) is 0. The first-order chi connectivity index (χ1) is 11.8. The van der Waals surface area contributed by atoms with Crippen molar-refractivity contribution in [2.45, 2.75) is 13.0 Å². The van der Waals surface area contributed by atoms with Crippen LogP contribution in [0.3, 0.4) is 0 Å². The van der Waals surface area contributed by atoms with Crippen LogP contribution in [0.1, 0.15) is 17.3 Å². The zero-order valence-corrected chi connectivity index (χ0v) is 13.7. The summed E-state index contributed by atoms with van der Waals surface area (Å²) in [5.74, 6) is 2.49. The molecule has 0 aliphatic carbocycles. The third-order valence-electron chi connectivity index (χ3n) is 3.53. The molecule has 0 saturated heterocycles. The summed E-state index contributed by atoms with van der Waals surface area (Å²) in [5, 5.41) is 11.4. The Morgan fingerprint density at radius 1 is 0.917 bits per heavy atom. The molecule has 6 heteroatoms. The second-order valence-electron chi connectivity index (χ2n) is 5.18. The fourth-order valence-corrected chi connectivity index (χ4v) is 2.33. The first kappa shape index (κ1) is 15.9. The van der Waals surface area contributed by atoms with Gasteiger partial charge >= 0.3 is 0 Å². The Morgan fingerprint density at radius 2 is 1.67 bits per heavy atom. The summed E-state index contributed by atoms with van der Waals surface area (Å²) in [7, 11) is 3.22. The van der Waals surface area contributed by atoms with Gasteiger partial charge in [0.25, 0.3) is 0 Å². The van der Waals surface area contributed by atoms with Crippen LogP contribution in [0.5, 0.6) is 11.5 Å². The summed E-state index contributed by atoms with van der Waals surface area (Å²) < 4.78 is 16.2. The third-order valence-corrected chi connectivity index (χ3v) is 3.53. The standard InChI is InChI=1S/C18H19N3O3/c1-22-15-9-8-14(11-16(15)23-2)19-12-18-21-20-17(24-18)10-13-6-4-3-5-7-13/h3-9,11,19H,10,12H2,1-2H3. The monoisotopic (exact) mass is 325 g/mol. The van der Waals surface area contributed by atoms with Crippen molar-refractivity contribution in [1.29, 1.82) is 0 Å². The number of nitrogens with one attached hydrogen (secondary N) is 1. The van der Waals surface area contributed by atoms with Gasteiger partial charge in [0.1, 0.15) is 0 Å². The van der Waals surface area contributed by atoms with Gasteiger partial charge in [0.05, 0.1) is 27.2 Å². The highest BCUT2D eigenvalue weighted by Crippen LogP contribution is 2.29. The van der Waals surface area contributed by atoms with Crippen molar-refractivity contribution < 1.29 is 13.9 Å². The van der Waals surface area contributed by atoms with E-state index in [1.807, 2.05) is 48.5 Å². The second kappa shape index (κ2) is 7.50. The largest absolute Gasteiger partial charge is 0.493 e. The summed E-state index contributed by atoms with van der Waals surface area (Å²) in [5.41, 5.74) is 2.02. The fourth-order valence-electron chi connectivity index (χ4n) is 2.33. The molecular formula is C18H19N3O3. The number of benzene rings is 2. The van der Waals surface area contributed by atoms with Crippen LogP contribution >= 0.6 is 0 Å². The van der Waals surface area contributed by atoms with Crippen LogP contribution in [-0.2, 0) is 13.0 Å². The molecule has 0 aliphatic rings. The van der Waals surface area contributed by atoms with E-state index in [1.54, 1.807) is 14.2 Å². The molecule has 0 fully saturated rings. The number of methoxy groups -OCH3 is 2. The molecule has 0 amide bonds. The van der Waals surface area contributed by atoms with Gasteiger partial charge in [-0.1, -0.05) is 30.3 Å². The van der Waals surface area contributed by atoms with E-state index >= 15 is 0 Å². The molecule has 1 heterocycles. The highest BCUT2D eigenvalue weighted by molar-refractivity contribution is 5.54. The van der Waals surface area contributed by atoms with E-state index in [1.165, 1.54) is 0 Å². The van der Waals surface area contributed by atoms with Gasteiger partial charge in [-0.25, -0.2) is 0 Å². The van der Waals surface area contributed by atoms with E-state index in [-0.39, 0.29) is 0 Å². The number of hydrogen-bond donors (Lipinski definition) is 1. The molecule has 1 N–H and O–H groups in total. The van der Waals surface area contributed by atoms with Gasteiger partial charge in [-0.05, 0) is 17.7 Å². The molecule has 1 aromatic heterocycles. The molecule has 24 heavy (non-hydrogen) atoms. The number of nitrogens with zero attached hydrogens (tertiary/aromatic N) is 2. The minimum Gasteiger partial charge on any atom is -0.493 e. The van der Waals surface area contributed by atoms with Gasteiger partial charge in [-0.15, -0.1) is 10.2 Å². The Bertz CT molecular complexity index is 787. The Hall–Kier alpha value is -3.02. The molecule has 124 valence electrons. The normalized spacial score (nSPS) is 10.4. The molecule has 0 radical (unpaired) electrons. The predicted octanol–water partition coefficient (Wildman–Crippen LogP) is 3.29. The van der Waals surface area contributed by atoms with Gasteiger partial charge in [0.2, 0.25) is 11.8 Å². The minimum absolute atomic E-state index is 0.442. The van der Waals surface area contributed by atoms with E-state index in [9.17, 15) is 0 Å². The molecule has 0 atom stereocenters. The van der Waals surface area contributed by atoms with E-state index in [0.717, 1.165) is 11.3 Å². The summed E-state index contributed by atoms with van der Waals surface area (Å²) in [6, 6.07) is 15.6. The first-order valence-corrected chi connectivity index (χ1v) is 7.59. The average Bonchev–Trinajstić information content (AvgIpc) is 3.08. The van der Waals surface area contributed by atoms with Crippen molar-refractivity contribution in [2.75, 3.05) is 19.5 Å². The molecule has 0 spiro atoms. The van der Waals surface area contributed by atoms with Crippen molar-refractivity contribution in [3.63, 3.8) is 0 Å². The van der Waals surface area contributed by atoms with Crippen LogP contribution < -0.4 is 14.8 Å². The van der Waals surface area contributed by atoms with Crippen LogP contribution in [0.25, 0.3) is 0 Å². The Labute approximate surface area is 140 Å². The minimum atomic E-state index is 0.442. The number of ether oxygens (including phenoxy) is 2. The van der Waals surface area contributed by atoms with Gasteiger partial charge in [0.15, 0.2) is 11.5 Å². The second-order valence-corrected chi connectivity index (χ2v) is 5.18. The van der Waals surface area contributed by atoms with E-state index in [4.69, 9.17) is 13.9 Å². The van der Waals surface area contributed by atoms with Crippen molar-refractivity contribution in [3.8, 4) is 11.5 Å². The Morgan fingerprint density at radius 3 is 2.42 bits per heavy atom. The topological polar surface area (TPSA) is 69.4 Å². The molecule has 6 nitrogen and oxygen atoms in total. The quantitative estimate of drug-likeness (QED) is 0.719. The molecule has 0 aliphatic heterocycles. The fraction of sp³-hybridized carbons (Fsp3) is 0.222. The summed E-state index contributed by atoms with van der Waals surface area (Å²) in [6.07, 6.45) is 0.629. The maximum absolute atomic E-state index is 5.67. The number of aromatic nitrogens is 2. The van der Waals surface area contributed by atoms with E-state index in [2.05, 4.69) is 15.5 Å². The highest BCUT2D eigenvalue weighted by atomic mass is 16.5. The van der Waals surface area contributed by atoms with Gasteiger partial charge < -0.3 is 19.2 Å². The van der Waals surface area contributed by atoms with E-state index in [0.29, 0.717) is 36.2 Å². The van der Waals surface area contributed by atoms with Crippen molar-refractivity contribution in [1.82, 2.24) is 10.2 Å². The van der Waals surface area contributed by atoms with Crippen LogP contribution in [0, 0.1) is 0 Å².